The second-order valence-electron chi connectivity index (χ2n) is 3.97. The molecule has 1 aromatic rings. The standard InChI is InChI=1S/C11H10ClF3N2O/c12-8-3-1-7(2-4-8)10(11(13,14)15)17-6-5-9(18)16-17/h1-4,10H,5-6H2,(H,16,18). The van der Waals surface area contributed by atoms with Gasteiger partial charge >= 0.3 is 6.18 Å². The molecule has 1 saturated heterocycles. The van der Waals surface area contributed by atoms with Gasteiger partial charge in [-0.05, 0) is 17.7 Å². The molecular formula is C11H10ClF3N2O. The van der Waals surface area contributed by atoms with Gasteiger partial charge in [0.05, 0.1) is 0 Å². The van der Waals surface area contributed by atoms with E-state index in [0.717, 1.165) is 5.01 Å². The number of carbonyl (C=O) groups is 1. The summed E-state index contributed by atoms with van der Waals surface area (Å²) in [4.78, 5) is 11.0. The van der Waals surface area contributed by atoms with Crippen LogP contribution in [0.25, 0.3) is 0 Å². The van der Waals surface area contributed by atoms with Gasteiger partial charge < -0.3 is 0 Å². The van der Waals surface area contributed by atoms with Gasteiger partial charge in [-0.2, -0.15) is 13.2 Å². The Kier molecular flexibility index (Phi) is 3.49. The predicted octanol–water partition coefficient (Wildman–Crippen LogP) is 2.68. The molecule has 7 heteroatoms. The first-order valence-electron chi connectivity index (χ1n) is 5.26. The number of rotatable bonds is 2. The molecule has 1 unspecified atom stereocenters. The molecule has 1 amide bonds. The summed E-state index contributed by atoms with van der Waals surface area (Å²) in [6.45, 7) is 0.0334. The van der Waals surface area contributed by atoms with Crippen LogP contribution < -0.4 is 5.43 Å². The number of nitrogens with zero attached hydrogens (tertiary/aromatic N) is 1. The Morgan fingerprint density at radius 1 is 1.28 bits per heavy atom. The largest absolute Gasteiger partial charge is 0.409 e. The minimum absolute atomic E-state index is 0.0334. The Morgan fingerprint density at radius 3 is 2.33 bits per heavy atom. The molecule has 3 nitrogen and oxygen atoms in total. The van der Waals surface area contributed by atoms with Crippen LogP contribution in [0.15, 0.2) is 24.3 Å². The number of carbonyl (C=O) groups excluding carboxylic acids is 1. The molecule has 1 aliphatic rings. The molecule has 18 heavy (non-hydrogen) atoms. The normalized spacial score (nSPS) is 18.8. The molecule has 0 spiro atoms. The summed E-state index contributed by atoms with van der Waals surface area (Å²) in [5.74, 6) is -0.404. The molecule has 1 fully saturated rings. The Morgan fingerprint density at radius 2 is 1.89 bits per heavy atom. The van der Waals surface area contributed by atoms with Gasteiger partial charge in [0, 0.05) is 18.0 Å². The van der Waals surface area contributed by atoms with E-state index in [2.05, 4.69) is 5.43 Å². The van der Waals surface area contributed by atoms with Crippen LogP contribution in [-0.2, 0) is 4.79 Å². The first-order chi connectivity index (χ1) is 8.38. The molecule has 1 heterocycles. The Balaban J connectivity index is 2.31. The smallest absolute Gasteiger partial charge is 0.288 e. The van der Waals surface area contributed by atoms with Crippen LogP contribution in [0, 0.1) is 0 Å². The minimum Gasteiger partial charge on any atom is -0.288 e. The summed E-state index contributed by atoms with van der Waals surface area (Å²) in [6.07, 6.45) is -4.40. The molecule has 1 aromatic carbocycles. The van der Waals surface area contributed by atoms with Crippen molar-refractivity contribution >= 4 is 17.5 Å². The minimum atomic E-state index is -4.47. The van der Waals surface area contributed by atoms with Crippen molar-refractivity contribution in [3.8, 4) is 0 Å². The van der Waals surface area contributed by atoms with Crippen LogP contribution in [0.1, 0.15) is 18.0 Å². The van der Waals surface area contributed by atoms with Crippen molar-refractivity contribution in [1.82, 2.24) is 10.4 Å². The first-order valence-corrected chi connectivity index (χ1v) is 5.64. The van der Waals surface area contributed by atoms with Gasteiger partial charge in [0.25, 0.3) is 0 Å². The number of halogens is 4. The molecule has 98 valence electrons. The number of amides is 1. The Hall–Kier alpha value is -1.27. The van der Waals surface area contributed by atoms with Crippen LogP contribution in [0.2, 0.25) is 5.02 Å². The van der Waals surface area contributed by atoms with Gasteiger partial charge in [-0.3, -0.25) is 10.2 Å². The predicted molar refractivity (Wildman–Crippen MR) is 59.7 cm³/mol. The lowest BCUT2D eigenvalue weighted by Gasteiger charge is -2.29. The maximum Gasteiger partial charge on any atom is 0.409 e. The summed E-state index contributed by atoms with van der Waals surface area (Å²) < 4.78 is 39.2. The van der Waals surface area contributed by atoms with Gasteiger partial charge in [0.2, 0.25) is 5.91 Å². The topological polar surface area (TPSA) is 32.3 Å². The lowest BCUT2D eigenvalue weighted by atomic mass is 10.1. The number of hydrogen-bond acceptors (Lipinski definition) is 2. The summed E-state index contributed by atoms with van der Waals surface area (Å²) in [5, 5.41) is 1.27. The van der Waals surface area contributed by atoms with E-state index >= 15 is 0 Å². The third-order valence-corrected chi connectivity index (χ3v) is 2.91. The van der Waals surface area contributed by atoms with Crippen molar-refractivity contribution in [2.75, 3.05) is 6.54 Å². The summed E-state index contributed by atoms with van der Waals surface area (Å²) >= 11 is 5.65. The number of hydrazine groups is 1. The van der Waals surface area contributed by atoms with Gasteiger partial charge in [-0.1, -0.05) is 23.7 Å². The highest BCUT2D eigenvalue weighted by Crippen LogP contribution is 2.38. The molecule has 0 aromatic heterocycles. The highest BCUT2D eigenvalue weighted by Gasteiger charge is 2.46. The Labute approximate surface area is 106 Å². The quantitative estimate of drug-likeness (QED) is 0.902. The van der Waals surface area contributed by atoms with Gasteiger partial charge in [-0.15, -0.1) is 0 Å². The van der Waals surface area contributed by atoms with E-state index in [1.54, 1.807) is 0 Å². The fourth-order valence-corrected chi connectivity index (χ4v) is 2.00. The van der Waals surface area contributed by atoms with E-state index in [-0.39, 0.29) is 18.5 Å². The molecule has 1 aliphatic heterocycles. The van der Waals surface area contributed by atoms with Crippen molar-refractivity contribution in [2.24, 2.45) is 0 Å². The second kappa shape index (κ2) is 4.78. The van der Waals surface area contributed by atoms with E-state index in [9.17, 15) is 18.0 Å². The van der Waals surface area contributed by atoms with E-state index in [1.807, 2.05) is 0 Å². The molecule has 0 aliphatic carbocycles. The molecule has 1 atom stereocenters. The molecular weight excluding hydrogens is 269 g/mol. The van der Waals surface area contributed by atoms with E-state index < -0.39 is 18.1 Å². The van der Waals surface area contributed by atoms with Crippen LogP contribution in [0.4, 0.5) is 13.2 Å². The fourth-order valence-electron chi connectivity index (χ4n) is 1.88. The monoisotopic (exact) mass is 278 g/mol. The summed E-state index contributed by atoms with van der Waals surface area (Å²) in [5.41, 5.74) is 2.27. The number of nitrogens with one attached hydrogen (secondary N) is 1. The Bertz CT molecular complexity index is 447. The number of alkyl halides is 3. The van der Waals surface area contributed by atoms with Crippen LogP contribution >= 0.6 is 11.6 Å². The zero-order valence-corrected chi connectivity index (χ0v) is 9.92. The second-order valence-corrected chi connectivity index (χ2v) is 4.41. The summed E-state index contributed by atoms with van der Waals surface area (Å²) in [7, 11) is 0. The zero-order valence-electron chi connectivity index (χ0n) is 9.17. The molecule has 1 N–H and O–H groups in total. The van der Waals surface area contributed by atoms with Crippen molar-refractivity contribution < 1.29 is 18.0 Å². The van der Waals surface area contributed by atoms with Gasteiger partial charge in [-0.25, -0.2) is 5.01 Å². The van der Waals surface area contributed by atoms with Crippen LogP contribution in [0.3, 0.4) is 0 Å². The average Bonchev–Trinajstić information content (AvgIpc) is 2.66. The highest BCUT2D eigenvalue weighted by molar-refractivity contribution is 6.30. The summed E-state index contributed by atoms with van der Waals surface area (Å²) in [6, 6.07) is 3.57. The molecule has 0 bridgehead atoms. The number of benzene rings is 1. The van der Waals surface area contributed by atoms with Crippen molar-refractivity contribution in [1.29, 1.82) is 0 Å². The lowest BCUT2D eigenvalue weighted by molar-refractivity contribution is -0.191. The maximum atomic E-state index is 13.1. The van der Waals surface area contributed by atoms with Crippen molar-refractivity contribution in [3.05, 3.63) is 34.9 Å². The van der Waals surface area contributed by atoms with E-state index in [4.69, 9.17) is 11.6 Å². The first kappa shape index (κ1) is 13.2. The van der Waals surface area contributed by atoms with Crippen LogP contribution in [-0.4, -0.2) is 23.6 Å². The molecule has 0 saturated carbocycles. The van der Waals surface area contributed by atoms with Gasteiger partial charge in [0.1, 0.15) is 6.04 Å². The average molecular weight is 279 g/mol. The van der Waals surface area contributed by atoms with Gasteiger partial charge in [0.15, 0.2) is 0 Å². The highest BCUT2D eigenvalue weighted by atomic mass is 35.5. The van der Waals surface area contributed by atoms with Crippen LogP contribution in [0.5, 0.6) is 0 Å². The SMILES string of the molecule is O=C1CCN(C(c2ccc(Cl)cc2)C(F)(F)F)N1. The zero-order chi connectivity index (χ0) is 13.3. The van der Waals surface area contributed by atoms with E-state index in [0.29, 0.717) is 5.02 Å². The molecule has 0 radical (unpaired) electrons. The molecule has 2 rings (SSSR count). The third kappa shape index (κ3) is 2.76. The maximum absolute atomic E-state index is 13.1. The van der Waals surface area contributed by atoms with E-state index in [1.165, 1.54) is 24.3 Å². The fraction of sp³-hybridized carbons (Fsp3) is 0.364. The van der Waals surface area contributed by atoms with Crippen molar-refractivity contribution in [2.45, 2.75) is 18.6 Å². The third-order valence-electron chi connectivity index (χ3n) is 2.66. The lowest BCUT2D eigenvalue weighted by Crippen LogP contribution is -2.43. The van der Waals surface area contributed by atoms with Crippen molar-refractivity contribution in [3.63, 3.8) is 0 Å². The number of hydrogen-bond donors (Lipinski definition) is 1.